The minimum atomic E-state index is -0.149. The van der Waals surface area contributed by atoms with Crippen LogP contribution >= 0.6 is 0 Å². The number of rotatable bonds is 3. The van der Waals surface area contributed by atoms with Crippen LogP contribution in [0.15, 0.2) is 0 Å². The van der Waals surface area contributed by atoms with E-state index in [0.29, 0.717) is 51.9 Å². The molecular formula is C14H22N2O4. The van der Waals surface area contributed by atoms with Gasteiger partial charge in [0.05, 0.1) is 18.4 Å². The molecule has 2 amide bonds. The number of nitrogens with zero attached hydrogens (tertiary/aromatic N) is 1. The molecule has 0 aromatic carbocycles. The van der Waals surface area contributed by atoms with Gasteiger partial charge in [-0.25, -0.2) is 0 Å². The lowest BCUT2D eigenvalue weighted by Gasteiger charge is -2.34. The second-order valence-corrected chi connectivity index (χ2v) is 5.39. The lowest BCUT2D eigenvalue weighted by atomic mass is 9.93. The molecule has 1 N–H and O–H groups in total. The molecule has 2 saturated heterocycles. The molecule has 1 atom stereocenters. The number of nitrogens with one attached hydrogen (secondary N) is 1. The minimum Gasteiger partial charge on any atom is -0.466 e. The summed E-state index contributed by atoms with van der Waals surface area (Å²) in [5.41, 5.74) is 0. The van der Waals surface area contributed by atoms with Crippen LogP contribution in [0.3, 0.4) is 0 Å². The molecule has 20 heavy (non-hydrogen) atoms. The molecule has 0 radical (unpaired) electrons. The molecule has 112 valence electrons. The van der Waals surface area contributed by atoms with Crippen molar-refractivity contribution in [3.05, 3.63) is 0 Å². The molecule has 0 spiro atoms. The van der Waals surface area contributed by atoms with E-state index in [1.54, 1.807) is 6.92 Å². The van der Waals surface area contributed by atoms with Crippen molar-refractivity contribution in [1.82, 2.24) is 10.2 Å². The topological polar surface area (TPSA) is 75.7 Å². The van der Waals surface area contributed by atoms with Crippen molar-refractivity contribution in [1.29, 1.82) is 0 Å². The summed E-state index contributed by atoms with van der Waals surface area (Å²) in [6.45, 7) is 3.85. The number of hydrogen-bond donors (Lipinski definition) is 1. The lowest BCUT2D eigenvalue weighted by Crippen LogP contribution is -2.48. The first-order valence-electron chi connectivity index (χ1n) is 7.34. The van der Waals surface area contributed by atoms with Gasteiger partial charge >= 0.3 is 5.97 Å². The Morgan fingerprint density at radius 1 is 1.25 bits per heavy atom. The van der Waals surface area contributed by atoms with Crippen molar-refractivity contribution < 1.29 is 19.1 Å². The summed E-state index contributed by atoms with van der Waals surface area (Å²) >= 11 is 0. The normalized spacial score (nSPS) is 24.1. The Hall–Kier alpha value is -1.59. The van der Waals surface area contributed by atoms with E-state index in [-0.39, 0.29) is 29.6 Å². The van der Waals surface area contributed by atoms with E-state index in [0.717, 1.165) is 0 Å². The quantitative estimate of drug-likeness (QED) is 0.756. The van der Waals surface area contributed by atoms with Crippen molar-refractivity contribution in [2.24, 2.45) is 11.8 Å². The van der Waals surface area contributed by atoms with Crippen LogP contribution in [0.1, 0.15) is 32.6 Å². The fourth-order valence-electron chi connectivity index (χ4n) is 2.80. The predicted octanol–water partition coefficient (Wildman–Crippen LogP) is 0.314. The Morgan fingerprint density at radius 2 is 1.95 bits per heavy atom. The molecule has 0 bridgehead atoms. The Bertz CT molecular complexity index is 379. The smallest absolute Gasteiger partial charge is 0.309 e. The van der Waals surface area contributed by atoms with E-state index in [9.17, 15) is 14.4 Å². The zero-order valence-electron chi connectivity index (χ0n) is 11.9. The van der Waals surface area contributed by atoms with Crippen molar-refractivity contribution in [3.8, 4) is 0 Å². The number of ether oxygens (including phenoxy) is 1. The molecule has 6 heteroatoms. The second-order valence-electron chi connectivity index (χ2n) is 5.39. The second kappa shape index (κ2) is 6.72. The third kappa shape index (κ3) is 3.49. The van der Waals surface area contributed by atoms with E-state index < -0.39 is 0 Å². The van der Waals surface area contributed by atoms with E-state index in [4.69, 9.17) is 4.74 Å². The van der Waals surface area contributed by atoms with Gasteiger partial charge in [-0.3, -0.25) is 14.4 Å². The number of likely N-dealkylation sites (tertiary alicyclic amines) is 1. The third-order valence-electron chi connectivity index (χ3n) is 4.04. The van der Waals surface area contributed by atoms with E-state index in [1.165, 1.54) is 0 Å². The van der Waals surface area contributed by atoms with Gasteiger partial charge in [0.1, 0.15) is 0 Å². The minimum absolute atomic E-state index is 0.0232. The van der Waals surface area contributed by atoms with Crippen molar-refractivity contribution in [2.75, 3.05) is 26.2 Å². The summed E-state index contributed by atoms with van der Waals surface area (Å²) < 4.78 is 5.02. The van der Waals surface area contributed by atoms with Crippen LogP contribution in [0.5, 0.6) is 0 Å². The average molecular weight is 282 g/mol. The van der Waals surface area contributed by atoms with Crippen LogP contribution in [0.25, 0.3) is 0 Å². The maximum absolute atomic E-state index is 12.3. The molecule has 6 nitrogen and oxygen atoms in total. The van der Waals surface area contributed by atoms with Gasteiger partial charge in [0, 0.05) is 26.1 Å². The number of carbonyl (C=O) groups excluding carboxylic acids is 3. The highest BCUT2D eigenvalue weighted by Crippen LogP contribution is 2.22. The Labute approximate surface area is 118 Å². The summed E-state index contributed by atoms with van der Waals surface area (Å²) in [7, 11) is 0. The van der Waals surface area contributed by atoms with Gasteiger partial charge in [0.15, 0.2) is 0 Å². The van der Waals surface area contributed by atoms with Gasteiger partial charge in [-0.1, -0.05) is 0 Å². The predicted molar refractivity (Wildman–Crippen MR) is 71.7 cm³/mol. The number of hydrogen-bond acceptors (Lipinski definition) is 4. The zero-order valence-corrected chi connectivity index (χ0v) is 11.9. The molecule has 2 fully saturated rings. The number of amides is 2. The van der Waals surface area contributed by atoms with Crippen LogP contribution in [-0.2, 0) is 19.1 Å². The maximum Gasteiger partial charge on any atom is 0.309 e. The Morgan fingerprint density at radius 3 is 2.50 bits per heavy atom. The van der Waals surface area contributed by atoms with E-state index >= 15 is 0 Å². The van der Waals surface area contributed by atoms with Crippen LogP contribution in [0, 0.1) is 11.8 Å². The average Bonchev–Trinajstić information content (AvgIpc) is 2.48. The summed E-state index contributed by atoms with van der Waals surface area (Å²) in [4.78, 5) is 36.9. The lowest BCUT2D eigenvalue weighted by molar-refractivity contribution is -0.152. The molecule has 2 rings (SSSR count). The summed E-state index contributed by atoms with van der Waals surface area (Å²) in [5, 5.41) is 2.74. The van der Waals surface area contributed by atoms with Crippen LogP contribution < -0.4 is 5.32 Å². The van der Waals surface area contributed by atoms with E-state index in [2.05, 4.69) is 5.32 Å². The molecule has 2 aliphatic rings. The first-order valence-corrected chi connectivity index (χ1v) is 7.34. The summed E-state index contributed by atoms with van der Waals surface area (Å²) in [6, 6.07) is 0. The van der Waals surface area contributed by atoms with Crippen LogP contribution in [0.2, 0.25) is 0 Å². The Kier molecular flexibility index (Phi) is 4.98. The summed E-state index contributed by atoms with van der Waals surface area (Å²) in [5.74, 6) is -0.205. The van der Waals surface area contributed by atoms with Gasteiger partial charge in [-0.15, -0.1) is 0 Å². The van der Waals surface area contributed by atoms with Crippen LogP contribution in [0.4, 0.5) is 0 Å². The first kappa shape index (κ1) is 14.8. The van der Waals surface area contributed by atoms with Crippen molar-refractivity contribution >= 4 is 17.8 Å². The highest BCUT2D eigenvalue weighted by molar-refractivity contribution is 5.84. The highest BCUT2D eigenvalue weighted by atomic mass is 16.5. The van der Waals surface area contributed by atoms with Gasteiger partial charge < -0.3 is 15.0 Å². The number of piperidine rings is 2. The molecule has 0 aromatic heterocycles. The van der Waals surface area contributed by atoms with Gasteiger partial charge in [-0.05, 0) is 26.2 Å². The van der Waals surface area contributed by atoms with Crippen molar-refractivity contribution in [3.63, 3.8) is 0 Å². The van der Waals surface area contributed by atoms with E-state index in [1.807, 2.05) is 4.90 Å². The highest BCUT2D eigenvalue weighted by Gasteiger charge is 2.32. The fraction of sp³-hybridized carbons (Fsp3) is 0.786. The molecule has 2 aliphatic heterocycles. The first-order chi connectivity index (χ1) is 9.61. The molecule has 0 aliphatic carbocycles. The van der Waals surface area contributed by atoms with Crippen molar-refractivity contribution in [2.45, 2.75) is 32.6 Å². The fourth-order valence-corrected chi connectivity index (χ4v) is 2.80. The zero-order chi connectivity index (χ0) is 14.5. The molecule has 1 unspecified atom stereocenters. The third-order valence-corrected chi connectivity index (χ3v) is 4.04. The monoisotopic (exact) mass is 282 g/mol. The number of carbonyl (C=O) groups is 3. The molecule has 0 aromatic rings. The van der Waals surface area contributed by atoms with Gasteiger partial charge in [0.25, 0.3) is 0 Å². The Balaban J connectivity index is 1.80. The SMILES string of the molecule is CCOC(=O)C1CCN(C(=O)C2CCC(=O)NC2)CC1. The molecular weight excluding hydrogens is 260 g/mol. The standard InChI is InChI=1S/C14H22N2O4/c1-2-20-14(19)10-5-7-16(8-6-10)13(18)11-3-4-12(17)15-9-11/h10-11H,2-9H2,1H3,(H,15,17). The number of esters is 1. The largest absolute Gasteiger partial charge is 0.466 e. The maximum atomic E-state index is 12.3. The molecule has 2 heterocycles. The van der Waals surface area contributed by atoms with Gasteiger partial charge in [0.2, 0.25) is 11.8 Å². The van der Waals surface area contributed by atoms with Crippen LogP contribution in [-0.4, -0.2) is 48.9 Å². The summed E-state index contributed by atoms with van der Waals surface area (Å²) in [6.07, 6.45) is 2.39. The van der Waals surface area contributed by atoms with Gasteiger partial charge in [-0.2, -0.15) is 0 Å². The molecule has 0 saturated carbocycles.